The molecule has 3 heteroatoms. The maximum atomic E-state index is 5.27. The number of rotatable bonds is 3. The molecule has 3 N–H and O–H groups in total. The van der Waals surface area contributed by atoms with Crippen LogP contribution >= 0.6 is 0 Å². The van der Waals surface area contributed by atoms with E-state index in [1.54, 1.807) is 12.4 Å². The lowest BCUT2D eigenvalue weighted by Crippen LogP contribution is -2.09. The molecule has 0 aliphatic rings. The fraction of sp³-hybridized carbons (Fsp3) is 0.125. The molecular formula is C8H11N3. The second-order valence-corrected chi connectivity index (χ2v) is 2.17. The molecule has 3 nitrogen and oxygen atoms in total. The Hall–Kier alpha value is -1.35. The lowest BCUT2D eigenvalue weighted by molar-refractivity contribution is 1.17. The SMILES string of the molecule is C=CCc1cnccc1NN. The van der Waals surface area contributed by atoms with E-state index in [4.69, 9.17) is 5.84 Å². The molecule has 0 atom stereocenters. The second kappa shape index (κ2) is 3.73. The third kappa shape index (κ3) is 1.78. The topological polar surface area (TPSA) is 50.9 Å². The molecule has 11 heavy (non-hydrogen) atoms. The van der Waals surface area contributed by atoms with Crippen LogP contribution in [-0.4, -0.2) is 4.98 Å². The van der Waals surface area contributed by atoms with E-state index in [0.717, 1.165) is 17.7 Å². The van der Waals surface area contributed by atoms with Gasteiger partial charge >= 0.3 is 0 Å². The molecule has 0 aromatic carbocycles. The van der Waals surface area contributed by atoms with Crippen molar-refractivity contribution in [3.8, 4) is 0 Å². The minimum atomic E-state index is 0.785. The summed E-state index contributed by atoms with van der Waals surface area (Å²) in [5.41, 5.74) is 4.56. The summed E-state index contributed by atoms with van der Waals surface area (Å²) in [6.45, 7) is 3.64. The Morgan fingerprint density at radius 3 is 3.18 bits per heavy atom. The van der Waals surface area contributed by atoms with Gasteiger partial charge in [-0.2, -0.15) is 0 Å². The van der Waals surface area contributed by atoms with Crippen LogP contribution in [0.15, 0.2) is 31.1 Å². The van der Waals surface area contributed by atoms with Crippen molar-refractivity contribution < 1.29 is 0 Å². The zero-order valence-electron chi connectivity index (χ0n) is 6.25. The van der Waals surface area contributed by atoms with Crippen molar-refractivity contribution in [3.63, 3.8) is 0 Å². The standard InChI is InChI=1S/C8H11N3/c1-2-3-7-6-10-5-4-8(7)11-9/h2,4-6H,1,3,9H2,(H,10,11). The van der Waals surface area contributed by atoms with E-state index < -0.39 is 0 Å². The number of anilines is 1. The minimum absolute atomic E-state index is 0.785. The molecule has 0 saturated heterocycles. The van der Waals surface area contributed by atoms with Gasteiger partial charge in [0.1, 0.15) is 0 Å². The van der Waals surface area contributed by atoms with Crippen molar-refractivity contribution in [3.05, 3.63) is 36.7 Å². The number of hydrogen-bond acceptors (Lipinski definition) is 3. The zero-order valence-corrected chi connectivity index (χ0v) is 6.25. The van der Waals surface area contributed by atoms with Gasteiger partial charge in [-0.1, -0.05) is 6.08 Å². The smallest absolute Gasteiger partial charge is 0.0550 e. The average Bonchev–Trinajstić information content (AvgIpc) is 2.06. The fourth-order valence-corrected chi connectivity index (χ4v) is 0.886. The maximum absolute atomic E-state index is 5.27. The van der Waals surface area contributed by atoms with Gasteiger partial charge < -0.3 is 5.43 Å². The molecule has 0 saturated carbocycles. The molecule has 0 aliphatic carbocycles. The van der Waals surface area contributed by atoms with Gasteiger partial charge in [0.15, 0.2) is 0 Å². The molecule has 0 spiro atoms. The highest BCUT2D eigenvalue weighted by molar-refractivity contribution is 5.48. The van der Waals surface area contributed by atoms with Gasteiger partial charge in [-0.25, -0.2) is 0 Å². The molecule has 0 radical (unpaired) electrons. The van der Waals surface area contributed by atoms with E-state index in [1.807, 2.05) is 12.1 Å². The van der Waals surface area contributed by atoms with Crippen molar-refractivity contribution in [2.45, 2.75) is 6.42 Å². The maximum Gasteiger partial charge on any atom is 0.0550 e. The molecule has 0 fully saturated rings. The fourth-order valence-electron chi connectivity index (χ4n) is 0.886. The van der Waals surface area contributed by atoms with Crippen LogP contribution in [0.3, 0.4) is 0 Å². The highest BCUT2D eigenvalue weighted by Gasteiger charge is 1.96. The van der Waals surface area contributed by atoms with E-state index in [1.165, 1.54) is 0 Å². The molecule has 0 aliphatic heterocycles. The first kappa shape index (κ1) is 7.75. The average molecular weight is 149 g/mol. The lowest BCUT2D eigenvalue weighted by atomic mass is 10.2. The van der Waals surface area contributed by atoms with Crippen molar-refractivity contribution in [1.29, 1.82) is 0 Å². The monoisotopic (exact) mass is 149 g/mol. The molecule has 1 aromatic rings. The summed E-state index contributed by atoms with van der Waals surface area (Å²) in [4.78, 5) is 3.97. The van der Waals surface area contributed by atoms with E-state index in [0.29, 0.717) is 0 Å². The highest BCUT2D eigenvalue weighted by atomic mass is 15.2. The summed E-state index contributed by atoms with van der Waals surface area (Å²) in [5, 5.41) is 0. The number of nitrogens with one attached hydrogen (secondary N) is 1. The molecular weight excluding hydrogens is 138 g/mol. The van der Waals surface area contributed by atoms with Crippen molar-refractivity contribution >= 4 is 5.69 Å². The van der Waals surface area contributed by atoms with Crippen LogP contribution in [0, 0.1) is 0 Å². The number of aromatic nitrogens is 1. The number of nitrogens with two attached hydrogens (primary N) is 1. The number of nitrogen functional groups attached to an aromatic ring is 1. The van der Waals surface area contributed by atoms with Crippen molar-refractivity contribution in [1.82, 2.24) is 4.98 Å². The molecule has 0 bridgehead atoms. The Kier molecular flexibility index (Phi) is 2.63. The first-order valence-corrected chi connectivity index (χ1v) is 3.39. The number of nitrogens with zero attached hydrogens (tertiary/aromatic N) is 1. The summed E-state index contributed by atoms with van der Waals surface area (Å²) in [5.74, 6) is 5.27. The Balaban J connectivity index is 2.92. The Morgan fingerprint density at radius 2 is 2.55 bits per heavy atom. The van der Waals surface area contributed by atoms with Gasteiger partial charge in [-0.05, 0) is 18.1 Å². The lowest BCUT2D eigenvalue weighted by Gasteiger charge is -2.04. The molecule has 0 unspecified atom stereocenters. The molecule has 1 heterocycles. The van der Waals surface area contributed by atoms with Gasteiger partial charge in [-0.3, -0.25) is 10.8 Å². The summed E-state index contributed by atoms with van der Waals surface area (Å²) < 4.78 is 0. The molecule has 1 aromatic heterocycles. The highest BCUT2D eigenvalue weighted by Crippen LogP contribution is 2.11. The predicted molar refractivity (Wildman–Crippen MR) is 45.9 cm³/mol. The first-order chi connectivity index (χ1) is 5.38. The van der Waals surface area contributed by atoms with Crippen molar-refractivity contribution in [2.75, 3.05) is 5.43 Å². The predicted octanol–water partition coefficient (Wildman–Crippen LogP) is 1.10. The Bertz CT molecular complexity index is 245. The van der Waals surface area contributed by atoms with E-state index in [-0.39, 0.29) is 0 Å². The Morgan fingerprint density at radius 1 is 1.73 bits per heavy atom. The van der Waals surface area contributed by atoms with Crippen LogP contribution in [0.5, 0.6) is 0 Å². The normalized spacial score (nSPS) is 9.18. The third-order valence-corrected chi connectivity index (χ3v) is 1.42. The van der Waals surface area contributed by atoms with Crippen LogP contribution in [0.25, 0.3) is 0 Å². The van der Waals surface area contributed by atoms with Gasteiger partial charge in [0.05, 0.1) is 5.69 Å². The first-order valence-electron chi connectivity index (χ1n) is 3.39. The molecule has 0 amide bonds. The van der Waals surface area contributed by atoms with Crippen LogP contribution in [0.2, 0.25) is 0 Å². The van der Waals surface area contributed by atoms with Gasteiger partial charge in [-0.15, -0.1) is 6.58 Å². The van der Waals surface area contributed by atoms with Gasteiger partial charge in [0, 0.05) is 12.4 Å². The van der Waals surface area contributed by atoms with E-state index in [2.05, 4.69) is 17.0 Å². The van der Waals surface area contributed by atoms with Gasteiger partial charge in [0.25, 0.3) is 0 Å². The zero-order chi connectivity index (χ0) is 8.10. The third-order valence-electron chi connectivity index (χ3n) is 1.42. The second-order valence-electron chi connectivity index (χ2n) is 2.17. The summed E-state index contributed by atoms with van der Waals surface area (Å²) in [6, 6.07) is 1.83. The number of allylic oxidation sites excluding steroid dienone is 1. The van der Waals surface area contributed by atoms with Crippen molar-refractivity contribution in [2.24, 2.45) is 5.84 Å². The van der Waals surface area contributed by atoms with Crippen LogP contribution < -0.4 is 11.3 Å². The quantitative estimate of drug-likeness (QED) is 0.384. The van der Waals surface area contributed by atoms with E-state index >= 15 is 0 Å². The van der Waals surface area contributed by atoms with Crippen LogP contribution in [-0.2, 0) is 6.42 Å². The molecule has 1 rings (SSSR count). The Labute approximate surface area is 65.9 Å². The number of hydrogen-bond donors (Lipinski definition) is 2. The minimum Gasteiger partial charge on any atom is -0.324 e. The summed E-state index contributed by atoms with van der Waals surface area (Å²) in [7, 11) is 0. The molecule has 58 valence electrons. The van der Waals surface area contributed by atoms with E-state index in [9.17, 15) is 0 Å². The summed E-state index contributed by atoms with van der Waals surface area (Å²) in [6.07, 6.45) is 6.07. The summed E-state index contributed by atoms with van der Waals surface area (Å²) >= 11 is 0. The van der Waals surface area contributed by atoms with Crippen LogP contribution in [0.1, 0.15) is 5.56 Å². The number of pyridine rings is 1. The van der Waals surface area contributed by atoms with Gasteiger partial charge in [0.2, 0.25) is 0 Å². The van der Waals surface area contributed by atoms with Crippen LogP contribution in [0.4, 0.5) is 5.69 Å². The number of hydrazine groups is 1. The largest absolute Gasteiger partial charge is 0.324 e.